The Morgan fingerprint density at radius 2 is 1.95 bits per heavy atom. The van der Waals surface area contributed by atoms with Gasteiger partial charge in [0.2, 0.25) is 0 Å². The lowest BCUT2D eigenvalue weighted by atomic mass is 10.2. The molecule has 0 bridgehead atoms. The van der Waals surface area contributed by atoms with Crippen molar-refractivity contribution in [3.8, 4) is 0 Å². The van der Waals surface area contributed by atoms with Gasteiger partial charge in [-0.05, 0) is 56.2 Å². The molecule has 4 nitrogen and oxygen atoms in total. The van der Waals surface area contributed by atoms with Crippen LogP contribution in [0.25, 0.3) is 0 Å². The van der Waals surface area contributed by atoms with Gasteiger partial charge in [-0.25, -0.2) is 0 Å². The summed E-state index contributed by atoms with van der Waals surface area (Å²) in [7, 11) is 0. The van der Waals surface area contributed by atoms with Crippen molar-refractivity contribution in [2.24, 2.45) is 0 Å². The maximum Gasteiger partial charge on any atom is 0.142 e. The molecule has 2 heterocycles. The molecule has 3 rings (SSSR count). The van der Waals surface area contributed by atoms with Crippen molar-refractivity contribution < 1.29 is 0 Å². The second kappa shape index (κ2) is 6.09. The van der Waals surface area contributed by atoms with Gasteiger partial charge in [0.25, 0.3) is 0 Å². The second-order valence-electron chi connectivity index (χ2n) is 5.77. The SMILES string of the molecule is Nc1nsc(NCCN2CCCCCC2)c1C1CC1. The Morgan fingerprint density at radius 3 is 2.63 bits per heavy atom. The third kappa shape index (κ3) is 3.39. The molecule has 1 saturated carbocycles. The summed E-state index contributed by atoms with van der Waals surface area (Å²) in [5.74, 6) is 1.43. The van der Waals surface area contributed by atoms with Gasteiger partial charge in [-0.1, -0.05) is 12.8 Å². The normalized spacial score (nSPS) is 21.3. The van der Waals surface area contributed by atoms with E-state index in [0.29, 0.717) is 5.92 Å². The zero-order chi connectivity index (χ0) is 13.1. The van der Waals surface area contributed by atoms with Crippen LogP contribution in [0.4, 0.5) is 10.8 Å². The summed E-state index contributed by atoms with van der Waals surface area (Å²) in [6.45, 7) is 4.69. The number of nitrogens with zero attached hydrogens (tertiary/aromatic N) is 2. The van der Waals surface area contributed by atoms with Gasteiger partial charge >= 0.3 is 0 Å². The van der Waals surface area contributed by atoms with Gasteiger partial charge in [-0.2, -0.15) is 4.37 Å². The number of hydrogen-bond donors (Lipinski definition) is 2. The van der Waals surface area contributed by atoms with E-state index in [0.717, 1.165) is 18.9 Å². The minimum Gasteiger partial charge on any atom is -0.383 e. The lowest BCUT2D eigenvalue weighted by molar-refractivity contribution is 0.296. The van der Waals surface area contributed by atoms with Crippen molar-refractivity contribution in [1.82, 2.24) is 9.27 Å². The number of hydrogen-bond acceptors (Lipinski definition) is 5. The summed E-state index contributed by atoms with van der Waals surface area (Å²) in [5, 5.41) is 4.77. The topological polar surface area (TPSA) is 54.2 Å². The average Bonchev–Trinajstić information content (AvgIpc) is 3.20. The Balaban J connectivity index is 1.49. The highest BCUT2D eigenvalue weighted by Gasteiger charge is 2.30. The van der Waals surface area contributed by atoms with Crippen molar-refractivity contribution in [1.29, 1.82) is 0 Å². The van der Waals surface area contributed by atoms with Gasteiger partial charge in [-0.15, -0.1) is 0 Å². The molecular formula is C14H24N4S. The van der Waals surface area contributed by atoms with Crippen molar-refractivity contribution in [2.45, 2.75) is 44.4 Å². The molecule has 3 N–H and O–H groups in total. The number of aromatic nitrogens is 1. The van der Waals surface area contributed by atoms with E-state index in [1.165, 1.54) is 73.7 Å². The maximum absolute atomic E-state index is 5.97. The van der Waals surface area contributed by atoms with Gasteiger partial charge in [0, 0.05) is 18.7 Å². The van der Waals surface area contributed by atoms with Crippen LogP contribution in [0, 0.1) is 0 Å². The fourth-order valence-electron chi connectivity index (χ4n) is 2.89. The van der Waals surface area contributed by atoms with Crippen LogP contribution in [0.5, 0.6) is 0 Å². The Kier molecular flexibility index (Phi) is 4.23. The first-order valence-corrected chi connectivity index (χ1v) is 8.33. The minimum atomic E-state index is 0.680. The molecule has 1 aromatic rings. The summed E-state index contributed by atoms with van der Waals surface area (Å²) in [6, 6.07) is 0. The predicted molar refractivity (Wildman–Crippen MR) is 81.9 cm³/mol. The van der Waals surface area contributed by atoms with E-state index >= 15 is 0 Å². The molecule has 1 aromatic heterocycles. The molecule has 5 heteroatoms. The number of rotatable bonds is 5. The number of nitrogens with one attached hydrogen (secondary N) is 1. The number of anilines is 2. The summed E-state index contributed by atoms with van der Waals surface area (Å²) < 4.78 is 4.30. The van der Waals surface area contributed by atoms with Gasteiger partial charge in [0.05, 0.1) is 0 Å². The summed E-state index contributed by atoms with van der Waals surface area (Å²) in [5.41, 5.74) is 7.26. The van der Waals surface area contributed by atoms with Crippen molar-refractivity contribution in [2.75, 3.05) is 37.2 Å². The van der Waals surface area contributed by atoms with E-state index in [1.807, 2.05) is 0 Å². The zero-order valence-corrected chi connectivity index (χ0v) is 12.3. The van der Waals surface area contributed by atoms with Gasteiger partial charge < -0.3 is 16.0 Å². The summed E-state index contributed by atoms with van der Waals surface area (Å²) in [6.07, 6.45) is 8.09. The van der Waals surface area contributed by atoms with Crippen LogP contribution in [0.2, 0.25) is 0 Å². The van der Waals surface area contributed by atoms with Crippen LogP contribution in [0.3, 0.4) is 0 Å². The molecule has 19 heavy (non-hydrogen) atoms. The molecule has 1 aliphatic carbocycles. The Labute approximate surface area is 119 Å². The highest BCUT2D eigenvalue weighted by Crippen LogP contribution is 2.47. The van der Waals surface area contributed by atoms with E-state index in [4.69, 9.17) is 5.73 Å². The number of likely N-dealkylation sites (tertiary alicyclic amines) is 1. The third-order valence-corrected chi connectivity index (χ3v) is 4.99. The quantitative estimate of drug-likeness (QED) is 0.871. The van der Waals surface area contributed by atoms with Crippen LogP contribution in [-0.2, 0) is 0 Å². The molecule has 1 aliphatic heterocycles. The number of nitrogen functional groups attached to an aromatic ring is 1. The molecule has 0 radical (unpaired) electrons. The average molecular weight is 280 g/mol. The van der Waals surface area contributed by atoms with E-state index in [2.05, 4.69) is 14.6 Å². The molecular weight excluding hydrogens is 256 g/mol. The summed E-state index contributed by atoms with van der Waals surface area (Å²) in [4.78, 5) is 2.58. The first-order chi connectivity index (χ1) is 9.34. The Bertz CT molecular complexity index is 406. The lowest BCUT2D eigenvalue weighted by Gasteiger charge is -2.19. The largest absolute Gasteiger partial charge is 0.383 e. The highest BCUT2D eigenvalue weighted by atomic mass is 32.1. The van der Waals surface area contributed by atoms with Gasteiger partial charge in [-0.3, -0.25) is 0 Å². The third-order valence-electron chi connectivity index (χ3n) is 4.15. The van der Waals surface area contributed by atoms with Gasteiger partial charge in [0.1, 0.15) is 10.8 Å². The first-order valence-electron chi connectivity index (χ1n) is 7.56. The van der Waals surface area contributed by atoms with Crippen LogP contribution >= 0.6 is 11.5 Å². The van der Waals surface area contributed by atoms with E-state index in [1.54, 1.807) is 0 Å². The van der Waals surface area contributed by atoms with Crippen LogP contribution < -0.4 is 11.1 Å². The molecule has 0 spiro atoms. The molecule has 2 fully saturated rings. The predicted octanol–water partition coefficient (Wildman–Crippen LogP) is 2.89. The second-order valence-corrected chi connectivity index (χ2v) is 6.54. The molecule has 0 amide bonds. The van der Waals surface area contributed by atoms with E-state index < -0.39 is 0 Å². The fourth-order valence-corrected chi connectivity index (χ4v) is 3.72. The molecule has 2 aliphatic rings. The van der Waals surface area contributed by atoms with Crippen LogP contribution in [0.1, 0.15) is 50.0 Å². The standard InChI is InChI=1S/C14H24N4S/c15-13-12(11-5-6-11)14(19-17-13)16-7-10-18-8-3-1-2-4-9-18/h11,16H,1-10H2,(H2,15,17). The Morgan fingerprint density at radius 1 is 1.21 bits per heavy atom. The maximum atomic E-state index is 5.97. The molecule has 0 aromatic carbocycles. The minimum absolute atomic E-state index is 0.680. The van der Waals surface area contributed by atoms with Crippen LogP contribution in [-0.4, -0.2) is 35.5 Å². The fraction of sp³-hybridized carbons (Fsp3) is 0.786. The molecule has 1 saturated heterocycles. The molecule has 0 atom stereocenters. The van der Waals surface area contributed by atoms with E-state index in [9.17, 15) is 0 Å². The van der Waals surface area contributed by atoms with Gasteiger partial charge in [0.15, 0.2) is 0 Å². The Hall–Kier alpha value is -0.810. The smallest absolute Gasteiger partial charge is 0.142 e. The number of nitrogens with two attached hydrogens (primary N) is 1. The molecule has 106 valence electrons. The van der Waals surface area contributed by atoms with Crippen LogP contribution in [0.15, 0.2) is 0 Å². The summed E-state index contributed by atoms with van der Waals surface area (Å²) >= 11 is 1.53. The van der Waals surface area contributed by atoms with Crippen molar-refractivity contribution in [3.05, 3.63) is 5.56 Å². The lowest BCUT2D eigenvalue weighted by Crippen LogP contribution is -2.29. The van der Waals surface area contributed by atoms with E-state index in [-0.39, 0.29) is 0 Å². The van der Waals surface area contributed by atoms with Crippen molar-refractivity contribution >= 4 is 22.4 Å². The highest BCUT2D eigenvalue weighted by molar-refractivity contribution is 7.10. The monoisotopic (exact) mass is 280 g/mol. The molecule has 0 unspecified atom stereocenters. The van der Waals surface area contributed by atoms with Crippen molar-refractivity contribution in [3.63, 3.8) is 0 Å². The zero-order valence-electron chi connectivity index (χ0n) is 11.5. The first kappa shape index (κ1) is 13.2.